The summed E-state index contributed by atoms with van der Waals surface area (Å²) in [6.45, 7) is 4.26. The molecule has 0 bridgehead atoms. The fourth-order valence-electron chi connectivity index (χ4n) is 1.45. The zero-order chi connectivity index (χ0) is 14.3. The van der Waals surface area contributed by atoms with E-state index in [-0.39, 0.29) is 18.1 Å². The Kier molecular flexibility index (Phi) is 5.66. The summed E-state index contributed by atoms with van der Waals surface area (Å²) in [6.07, 6.45) is 0. The van der Waals surface area contributed by atoms with E-state index in [2.05, 4.69) is 5.32 Å². The van der Waals surface area contributed by atoms with E-state index in [4.69, 9.17) is 15.2 Å². The van der Waals surface area contributed by atoms with E-state index in [9.17, 15) is 9.59 Å². The number of carbonyl (C=O) groups excluding carboxylic acids is 2. The van der Waals surface area contributed by atoms with Crippen LogP contribution in [0.4, 0.5) is 5.69 Å². The average molecular weight is 266 g/mol. The number of rotatable bonds is 6. The Bertz CT molecular complexity index is 460. The maximum atomic E-state index is 11.7. The number of amides is 1. The molecule has 0 saturated carbocycles. The Morgan fingerprint density at radius 1 is 1.26 bits per heavy atom. The van der Waals surface area contributed by atoms with E-state index in [1.165, 1.54) is 12.1 Å². The van der Waals surface area contributed by atoms with Gasteiger partial charge in [-0.15, -0.1) is 0 Å². The zero-order valence-electron chi connectivity index (χ0n) is 11.1. The van der Waals surface area contributed by atoms with Gasteiger partial charge in [-0.1, -0.05) is 0 Å². The first-order valence-corrected chi connectivity index (χ1v) is 6.04. The van der Waals surface area contributed by atoms with E-state index in [0.717, 1.165) is 0 Å². The fraction of sp³-hybridized carbons (Fsp3) is 0.385. The minimum atomic E-state index is -0.612. The van der Waals surface area contributed by atoms with Gasteiger partial charge in [0, 0.05) is 18.3 Å². The topological polar surface area (TPSA) is 90.7 Å². The molecule has 0 aromatic heterocycles. The molecule has 19 heavy (non-hydrogen) atoms. The van der Waals surface area contributed by atoms with Gasteiger partial charge >= 0.3 is 5.97 Å². The number of likely N-dealkylation sites (N-methyl/N-ethyl adjacent to an activating group) is 1. The third kappa shape index (κ3) is 4.87. The summed E-state index contributed by atoms with van der Waals surface area (Å²) in [7, 11) is 0. The molecule has 0 saturated heterocycles. The second-order valence-electron chi connectivity index (χ2n) is 3.75. The minimum absolute atomic E-state index is 0.257. The molecule has 1 amide bonds. The smallest absolute Gasteiger partial charge is 0.338 e. The number of nitrogens with one attached hydrogen (secondary N) is 1. The average Bonchev–Trinajstić information content (AvgIpc) is 2.36. The van der Waals surface area contributed by atoms with Crippen molar-refractivity contribution < 1.29 is 19.1 Å². The summed E-state index contributed by atoms with van der Waals surface area (Å²) in [6, 6.07) is 4.62. The standard InChI is InChI=1S/C13H18N2O4/c1-3-15-12(16)8-19-13(17)9-5-10(14)7-11(6-9)18-4-2/h5-7H,3-4,8,14H2,1-2H3,(H,15,16). The molecule has 1 aromatic rings. The molecule has 1 rings (SSSR count). The van der Waals surface area contributed by atoms with Crippen molar-refractivity contribution in [3.05, 3.63) is 23.8 Å². The van der Waals surface area contributed by atoms with Crippen LogP contribution in [0.2, 0.25) is 0 Å². The summed E-state index contributed by atoms with van der Waals surface area (Å²) >= 11 is 0. The number of anilines is 1. The van der Waals surface area contributed by atoms with Crippen LogP contribution in [0.25, 0.3) is 0 Å². The SMILES string of the molecule is CCNC(=O)COC(=O)c1cc(N)cc(OCC)c1. The van der Waals surface area contributed by atoms with Crippen molar-refractivity contribution in [1.82, 2.24) is 5.32 Å². The molecule has 0 fully saturated rings. The van der Waals surface area contributed by atoms with Gasteiger partial charge in [0.1, 0.15) is 5.75 Å². The lowest BCUT2D eigenvalue weighted by Crippen LogP contribution is -2.28. The summed E-state index contributed by atoms with van der Waals surface area (Å²) in [5.41, 5.74) is 6.32. The summed E-state index contributed by atoms with van der Waals surface area (Å²) < 4.78 is 10.1. The lowest BCUT2D eigenvalue weighted by Gasteiger charge is -2.08. The Morgan fingerprint density at radius 2 is 2.00 bits per heavy atom. The van der Waals surface area contributed by atoms with Gasteiger partial charge in [0.15, 0.2) is 6.61 Å². The molecule has 0 radical (unpaired) electrons. The Labute approximate surface area is 111 Å². The van der Waals surface area contributed by atoms with Crippen LogP contribution in [-0.4, -0.2) is 31.6 Å². The van der Waals surface area contributed by atoms with Crippen molar-refractivity contribution in [2.75, 3.05) is 25.5 Å². The van der Waals surface area contributed by atoms with Crippen molar-refractivity contribution >= 4 is 17.6 Å². The largest absolute Gasteiger partial charge is 0.494 e. The molecule has 0 aliphatic heterocycles. The second kappa shape index (κ2) is 7.25. The predicted molar refractivity (Wildman–Crippen MR) is 71.0 cm³/mol. The molecule has 0 aliphatic rings. The van der Waals surface area contributed by atoms with Crippen molar-refractivity contribution in [2.45, 2.75) is 13.8 Å². The van der Waals surface area contributed by atoms with E-state index >= 15 is 0 Å². The van der Waals surface area contributed by atoms with Crippen LogP contribution in [0.3, 0.4) is 0 Å². The second-order valence-corrected chi connectivity index (χ2v) is 3.75. The maximum absolute atomic E-state index is 11.7. The lowest BCUT2D eigenvalue weighted by atomic mass is 10.2. The fourth-order valence-corrected chi connectivity index (χ4v) is 1.45. The predicted octanol–water partition coefficient (Wildman–Crippen LogP) is 0.960. The highest BCUT2D eigenvalue weighted by atomic mass is 16.5. The first-order chi connectivity index (χ1) is 9.06. The maximum Gasteiger partial charge on any atom is 0.338 e. The quantitative estimate of drug-likeness (QED) is 0.591. The first kappa shape index (κ1) is 14.8. The highest BCUT2D eigenvalue weighted by Crippen LogP contribution is 2.19. The minimum Gasteiger partial charge on any atom is -0.494 e. The van der Waals surface area contributed by atoms with Crippen LogP contribution in [0.5, 0.6) is 5.75 Å². The molecule has 0 spiro atoms. The van der Waals surface area contributed by atoms with Crippen molar-refractivity contribution in [1.29, 1.82) is 0 Å². The molecule has 0 aliphatic carbocycles. The number of ether oxygens (including phenoxy) is 2. The van der Waals surface area contributed by atoms with Gasteiger partial charge in [-0.05, 0) is 26.0 Å². The summed E-state index contributed by atoms with van der Waals surface area (Å²) in [5.74, 6) is -0.461. The van der Waals surface area contributed by atoms with E-state index in [0.29, 0.717) is 24.6 Å². The van der Waals surface area contributed by atoms with Gasteiger partial charge in [0.05, 0.1) is 12.2 Å². The van der Waals surface area contributed by atoms with Gasteiger partial charge in [-0.3, -0.25) is 4.79 Å². The van der Waals surface area contributed by atoms with Crippen LogP contribution in [0.1, 0.15) is 24.2 Å². The molecular formula is C13H18N2O4. The van der Waals surface area contributed by atoms with Gasteiger partial charge in [0.2, 0.25) is 0 Å². The first-order valence-electron chi connectivity index (χ1n) is 6.04. The molecule has 0 heterocycles. The normalized spacial score (nSPS) is 9.79. The van der Waals surface area contributed by atoms with E-state index in [1.54, 1.807) is 13.0 Å². The highest BCUT2D eigenvalue weighted by molar-refractivity contribution is 5.92. The molecule has 6 nitrogen and oxygen atoms in total. The zero-order valence-corrected chi connectivity index (χ0v) is 11.1. The van der Waals surface area contributed by atoms with Crippen LogP contribution in [-0.2, 0) is 9.53 Å². The van der Waals surface area contributed by atoms with E-state index in [1.807, 2.05) is 6.92 Å². The number of esters is 1. The van der Waals surface area contributed by atoms with Crippen LogP contribution in [0, 0.1) is 0 Å². The molecule has 104 valence electrons. The number of benzene rings is 1. The number of hydrogen-bond acceptors (Lipinski definition) is 5. The third-order valence-corrected chi connectivity index (χ3v) is 2.18. The highest BCUT2D eigenvalue weighted by Gasteiger charge is 2.12. The molecular weight excluding hydrogens is 248 g/mol. The number of nitrogen functional groups attached to an aromatic ring is 1. The van der Waals surface area contributed by atoms with Crippen molar-refractivity contribution in [3.63, 3.8) is 0 Å². The van der Waals surface area contributed by atoms with Crippen LogP contribution < -0.4 is 15.8 Å². The lowest BCUT2D eigenvalue weighted by molar-refractivity contribution is -0.124. The van der Waals surface area contributed by atoms with E-state index < -0.39 is 5.97 Å². The van der Waals surface area contributed by atoms with Crippen molar-refractivity contribution in [3.8, 4) is 5.75 Å². The molecule has 3 N–H and O–H groups in total. The van der Waals surface area contributed by atoms with Gasteiger partial charge < -0.3 is 20.5 Å². The summed E-state index contributed by atoms with van der Waals surface area (Å²) in [5, 5.41) is 2.53. The van der Waals surface area contributed by atoms with Crippen LogP contribution in [0.15, 0.2) is 18.2 Å². The van der Waals surface area contributed by atoms with Gasteiger partial charge in [-0.25, -0.2) is 4.79 Å². The number of nitrogens with two attached hydrogens (primary N) is 1. The van der Waals surface area contributed by atoms with Gasteiger partial charge in [-0.2, -0.15) is 0 Å². The molecule has 0 atom stereocenters. The molecule has 1 aromatic carbocycles. The Hall–Kier alpha value is -2.24. The van der Waals surface area contributed by atoms with Crippen molar-refractivity contribution in [2.24, 2.45) is 0 Å². The third-order valence-electron chi connectivity index (χ3n) is 2.18. The Morgan fingerprint density at radius 3 is 2.63 bits per heavy atom. The molecule has 6 heteroatoms. The van der Waals surface area contributed by atoms with Gasteiger partial charge in [0.25, 0.3) is 5.91 Å². The monoisotopic (exact) mass is 266 g/mol. The summed E-state index contributed by atoms with van der Waals surface area (Å²) in [4.78, 5) is 22.9. The molecule has 0 unspecified atom stereocenters. The Balaban J connectivity index is 2.68. The number of carbonyl (C=O) groups is 2. The van der Waals surface area contributed by atoms with Crippen LogP contribution >= 0.6 is 0 Å². The number of hydrogen-bond donors (Lipinski definition) is 2.